The fraction of sp³-hybridized carbons (Fsp3) is 0.250. The van der Waals surface area contributed by atoms with Crippen LogP contribution in [0.25, 0.3) is 0 Å². The number of hydrogen-bond donors (Lipinski definition) is 5. The molecule has 0 aromatic heterocycles. The van der Waals surface area contributed by atoms with Crippen molar-refractivity contribution >= 4 is 0 Å². The zero-order valence-electron chi connectivity index (χ0n) is 16.3. The van der Waals surface area contributed by atoms with Gasteiger partial charge in [0.15, 0.2) is 23.0 Å². The molecule has 1 unspecified atom stereocenters. The SMILES string of the molecule is Oc1ccc(C[C@@H]2c3cc(O)c(O)cc3CC3c4cc(O)c(O)cc4CCN32)cc1. The van der Waals surface area contributed by atoms with Gasteiger partial charge in [-0.25, -0.2) is 0 Å². The fourth-order valence-electron chi connectivity index (χ4n) is 4.94. The van der Waals surface area contributed by atoms with Crippen molar-refractivity contribution in [3.8, 4) is 28.7 Å². The molecule has 2 heterocycles. The van der Waals surface area contributed by atoms with Crippen LogP contribution >= 0.6 is 0 Å². The average Bonchev–Trinajstić information content (AvgIpc) is 2.72. The van der Waals surface area contributed by atoms with Crippen LogP contribution in [0.5, 0.6) is 28.7 Å². The summed E-state index contributed by atoms with van der Waals surface area (Å²) in [6, 6.07) is 13.6. The van der Waals surface area contributed by atoms with Gasteiger partial charge in [-0.3, -0.25) is 4.90 Å². The lowest BCUT2D eigenvalue weighted by molar-refractivity contribution is 0.106. The van der Waals surface area contributed by atoms with Crippen LogP contribution in [0.4, 0.5) is 0 Å². The van der Waals surface area contributed by atoms with Gasteiger partial charge in [0, 0.05) is 18.6 Å². The largest absolute Gasteiger partial charge is 0.508 e. The average molecular weight is 405 g/mol. The number of hydrogen-bond acceptors (Lipinski definition) is 6. The van der Waals surface area contributed by atoms with Crippen LogP contribution in [0.3, 0.4) is 0 Å². The summed E-state index contributed by atoms with van der Waals surface area (Å²) in [7, 11) is 0. The number of rotatable bonds is 2. The Kier molecular flexibility index (Phi) is 4.25. The highest BCUT2D eigenvalue weighted by Gasteiger charge is 2.39. The van der Waals surface area contributed by atoms with E-state index >= 15 is 0 Å². The maximum absolute atomic E-state index is 10.2. The smallest absolute Gasteiger partial charge is 0.157 e. The topological polar surface area (TPSA) is 104 Å². The molecular formula is C24H23NO5. The Bertz CT molecular complexity index is 1130. The molecular weight excluding hydrogens is 382 g/mol. The van der Waals surface area contributed by atoms with E-state index in [1.54, 1.807) is 36.4 Å². The Labute approximate surface area is 173 Å². The van der Waals surface area contributed by atoms with Crippen molar-refractivity contribution in [1.82, 2.24) is 4.90 Å². The van der Waals surface area contributed by atoms with Crippen molar-refractivity contribution in [1.29, 1.82) is 0 Å². The second-order valence-corrected chi connectivity index (χ2v) is 8.17. The molecule has 5 N–H and O–H groups in total. The van der Waals surface area contributed by atoms with Crippen molar-refractivity contribution in [3.63, 3.8) is 0 Å². The molecule has 0 bridgehead atoms. The van der Waals surface area contributed by atoms with E-state index in [1.807, 2.05) is 12.1 Å². The number of phenols is 5. The summed E-state index contributed by atoms with van der Waals surface area (Å²) in [5, 5.41) is 49.9. The van der Waals surface area contributed by atoms with Gasteiger partial charge in [0.25, 0.3) is 0 Å². The van der Waals surface area contributed by atoms with E-state index in [0.29, 0.717) is 12.8 Å². The van der Waals surface area contributed by atoms with Crippen LogP contribution in [0.2, 0.25) is 0 Å². The van der Waals surface area contributed by atoms with Gasteiger partial charge in [0.1, 0.15) is 5.75 Å². The Morgan fingerprint density at radius 1 is 0.733 bits per heavy atom. The minimum absolute atomic E-state index is 0.0150. The van der Waals surface area contributed by atoms with E-state index in [4.69, 9.17) is 0 Å². The third-order valence-electron chi connectivity index (χ3n) is 6.41. The number of phenolic OH excluding ortho intramolecular Hbond substituents is 5. The minimum atomic E-state index is -0.143. The second-order valence-electron chi connectivity index (χ2n) is 8.17. The van der Waals surface area contributed by atoms with Crippen LogP contribution in [-0.4, -0.2) is 37.0 Å². The number of nitrogens with zero attached hydrogens (tertiary/aromatic N) is 1. The summed E-state index contributed by atoms with van der Waals surface area (Å²) in [4.78, 5) is 2.37. The van der Waals surface area contributed by atoms with Crippen molar-refractivity contribution in [3.05, 3.63) is 76.3 Å². The Morgan fingerprint density at radius 3 is 2.03 bits per heavy atom. The standard InChI is InChI=1S/C24H23NO5/c26-16-3-1-13(2-4-16)7-19-18-12-24(30)22(28)10-15(18)8-20-17-11-23(29)21(27)9-14(17)5-6-25(19)20/h1-4,9-12,19-20,26-30H,5-8H2/t19-,20?/m1/s1. The first-order valence-corrected chi connectivity index (χ1v) is 10.0. The van der Waals surface area contributed by atoms with Crippen LogP contribution in [-0.2, 0) is 19.3 Å². The fourth-order valence-corrected chi connectivity index (χ4v) is 4.94. The summed E-state index contributed by atoms with van der Waals surface area (Å²) >= 11 is 0. The van der Waals surface area contributed by atoms with E-state index in [-0.39, 0.29) is 40.8 Å². The molecule has 0 fully saturated rings. The highest BCUT2D eigenvalue weighted by Crippen LogP contribution is 2.48. The molecule has 0 aliphatic carbocycles. The molecule has 0 saturated heterocycles. The zero-order chi connectivity index (χ0) is 21.0. The van der Waals surface area contributed by atoms with Crippen molar-refractivity contribution in [2.24, 2.45) is 0 Å². The molecule has 0 amide bonds. The van der Waals surface area contributed by atoms with Crippen molar-refractivity contribution < 1.29 is 25.5 Å². The molecule has 3 aromatic carbocycles. The summed E-state index contributed by atoms with van der Waals surface area (Å²) in [5.74, 6) is -0.310. The van der Waals surface area contributed by atoms with Gasteiger partial charge in [-0.1, -0.05) is 12.1 Å². The molecule has 2 aliphatic rings. The molecule has 2 aliphatic heterocycles. The predicted molar refractivity (Wildman–Crippen MR) is 111 cm³/mol. The monoisotopic (exact) mass is 405 g/mol. The maximum atomic E-state index is 10.2. The molecule has 3 aromatic rings. The first-order chi connectivity index (χ1) is 14.4. The Balaban J connectivity index is 1.62. The van der Waals surface area contributed by atoms with Crippen LogP contribution in [0.15, 0.2) is 48.5 Å². The van der Waals surface area contributed by atoms with Crippen molar-refractivity contribution in [2.45, 2.75) is 31.3 Å². The molecule has 30 heavy (non-hydrogen) atoms. The van der Waals surface area contributed by atoms with Gasteiger partial charge < -0.3 is 25.5 Å². The third kappa shape index (κ3) is 3.00. The minimum Gasteiger partial charge on any atom is -0.508 e. The molecule has 0 spiro atoms. The predicted octanol–water partition coefficient (Wildman–Crippen LogP) is 3.65. The molecule has 154 valence electrons. The van der Waals surface area contributed by atoms with Gasteiger partial charge in [-0.05, 0) is 83.5 Å². The lowest BCUT2D eigenvalue weighted by Crippen LogP contribution is -2.43. The first kappa shape index (κ1) is 18.6. The summed E-state index contributed by atoms with van der Waals surface area (Å²) in [6.45, 7) is 0.770. The van der Waals surface area contributed by atoms with E-state index in [0.717, 1.165) is 40.8 Å². The van der Waals surface area contributed by atoms with E-state index in [2.05, 4.69) is 4.90 Å². The van der Waals surface area contributed by atoms with Crippen molar-refractivity contribution in [2.75, 3.05) is 6.54 Å². The first-order valence-electron chi connectivity index (χ1n) is 10.0. The number of aromatic hydroxyl groups is 5. The normalized spacial score (nSPS) is 20.3. The summed E-state index contributed by atoms with van der Waals surface area (Å²) in [5.41, 5.74) is 4.97. The second kappa shape index (κ2) is 6.85. The Morgan fingerprint density at radius 2 is 1.33 bits per heavy atom. The van der Waals surface area contributed by atoms with Crippen LogP contribution in [0.1, 0.15) is 39.9 Å². The molecule has 6 nitrogen and oxygen atoms in total. The molecule has 0 saturated carbocycles. The lowest BCUT2D eigenvalue weighted by atomic mass is 9.79. The maximum Gasteiger partial charge on any atom is 0.157 e. The number of benzene rings is 3. The van der Waals surface area contributed by atoms with Crippen LogP contribution in [0, 0.1) is 0 Å². The highest BCUT2D eigenvalue weighted by atomic mass is 16.3. The molecule has 2 atom stereocenters. The molecule has 0 radical (unpaired) electrons. The zero-order valence-corrected chi connectivity index (χ0v) is 16.3. The van der Waals surface area contributed by atoms with Gasteiger partial charge in [-0.2, -0.15) is 0 Å². The number of fused-ring (bicyclic) bond motifs is 4. The Hall–Kier alpha value is -3.38. The summed E-state index contributed by atoms with van der Waals surface area (Å²) < 4.78 is 0. The molecule has 6 heteroatoms. The van der Waals surface area contributed by atoms with Crippen LogP contribution < -0.4 is 0 Å². The van der Waals surface area contributed by atoms with E-state index in [1.165, 1.54) is 0 Å². The van der Waals surface area contributed by atoms with Gasteiger partial charge in [0.2, 0.25) is 0 Å². The highest BCUT2D eigenvalue weighted by molar-refractivity contribution is 5.52. The lowest BCUT2D eigenvalue weighted by Gasteiger charge is -2.47. The third-order valence-corrected chi connectivity index (χ3v) is 6.41. The van der Waals surface area contributed by atoms with Gasteiger partial charge >= 0.3 is 0 Å². The van der Waals surface area contributed by atoms with Gasteiger partial charge in [-0.15, -0.1) is 0 Å². The molecule has 5 rings (SSSR count). The van der Waals surface area contributed by atoms with E-state index in [9.17, 15) is 25.5 Å². The quantitative estimate of drug-likeness (QED) is 0.417. The van der Waals surface area contributed by atoms with Gasteiger partial charge in [0.05, 0.1) is 0 Å². The van der Waals surface area contributed by atoms with E-state index < -0.39 is 0 Å². The summed E-state index contributed by atoms with van der Waals surface area (Å²) in [6.07, 6.45) is 2.05.